The van der Waals surface area contributed by atoms with Gasteiger partial charge >= 0.3 is 0 Å². The van der Waals surface area contributed by atoms with Crippen molar-refractivity contribution in [2.45, 2.75) is 15.8 Å². The van der Waals surface area contributed by atoms with Gasteiger partial charge in [-0.3, -0.25) is 0 Å². The highest BCUT2D eigenvalue weighted by Gasteiger charge is 2.11. The van der Waals surface area contributed by atoms with Crippen molar-refractivity contribution in [3.05, 3.63) is 28.2 Å². The molecule has 0 radical (unpaired) electrons. The van der Waals surface area contributed by atoms with Gasteiger partial charge in [-0.15, -0.1) is 10.2 Å². The van der Waals surface area contributed by atoms with Gasteiger partial charge in [-0.1, -0.05) is 45.1 Å². The lowest BCUT2D eigenvalue weighted by Crippen LogP contribution is -2.07. The Bertz CT molecular complexity index is 542. The van der Waals surface area contributed by atoms with Crippen molar-refractivity contribution in [2.24, 2.45) is 5.73 Å². The maximum absolute atomic E-state index is 5.77. The molecule has 0 aliphatic carbocycles. The smallest absolute Gasteiger partial charge is 0.208 e. The fourth-order valence-corrected chi connectivity index (χ4v) is 3.90. The second-order valence-electron chi connectivity index (χ2n) is 3.77. The maximum atomic E-state index is 5.77. The summed E-state index contributed by atoms with van der Waals surface area (Å²) in [5.41, 5.74) is 6.88. The minimum absolute atomic E-state index is 0.503. The summed E-state index contributed by atoms with van der Waals surface area (Å²) in [6, 6.07) is 6.05. The van der Waals surface area contributed by atoms with E-state index in [1.54, 1.807) is 23.1 Å². The Morgan fingerprint density at radius 3 is 2.78 bits per heavy atom. The largest absolute Gasteiger partial charge is 0.353 e. The first-order valence-corrected chi connectivity index (χ1v) is 7.70. The lowest BCUT2D eigenvalue weighted by molar-refractivity contribution is 0.969. The summed E-state index contributed by atoms with van der Waals surface area (Å²) in [5.74, 6) is 0. The monoisotopic (exact) mass is 344 g/mol. The predicted octanol–water partition coefficient (Wildman–Crippen LogP) is 2.98. The average Bonchev–Trinajstić information content (AvgIpc) is 2.78. The fourth-order valence-electron chi connectivity index (χ4n) is 1.35. The number of hydrogen-bond acceptors (Lipinski definition) is 6. The van der Waals surface area contributed by atoms with Crippen LogP contribution in [-0.2, 0) is 6.54 Å². The van der Waals surface area contributed by atoms with E-state index < -0.39 is 0 Å². The highest BCUT2D eigenvalue weighted by Crippen LogP contribution is 2.36. The second-order valence-corrected chi connectivity index (χ2v) is 6.87. The Kier molecular flexibility index (Phi) is 4.60. The number of hydrogen-bond donors (Lipinski definition) is 1. The molecular weight excluding hydrogens is 332 g/mol. The zero-order chi connectivity index (χ0) is 13.1. The Labute approximate surface area is 123 Å². The van der Waals surface area contributed by atoms with E-state index in [0.717, 1.165) is 24.4 Å². The summed E-state index contributed by atoms with van der Waals surface area (Å²) < 4.78 is 1.96. The summed E-state index contributed by atoms with van der Waals surface area (Å²) in [6.45, 7) is 0.503. The SMILES string of the molecule is CN(C)c1nnc(Sc2cccc(Br)c2CN)s1. The Balaban J connectivity index is 2.25. The molecule has 1 heterocycles. The molecule has 1 aromatic heterocycles. The van der Waals surface area contributed by atoms with E-state index in [1.807, 2.05) is 37.2 Å². The lowest BCUT2D eigenvalue weighted by atomic mass is 10.2. The molecule has 0 aliphatic rings. The molecule has 0 aliphatic heterocycles. The number of benzene rings is 1. The van der Waals surface area contributed by atoms with Gasteiger partial charge in [-0.05, 0) is 17.7 Å². The van der Waals surface area contributed by atoms with Crippen LogP contribution < -0.4 is 10.6 Å². The number of aromatic nitrogens is 2. The third kappa shape index (κ3) is 3.03. The standard InChI is InChI=1S/C11H13BrN4S2/c1-16(2)10-14-15-11(18-10)17-9-5-3-4-8(12)7(9)6-13/h3-5H,6,13H2,1-2H3. The molecule has 0 amide bonds. The van der Waals surface area contributed by atoms with Gasteiger partial charge in [0.15, 0.2) is 4.34 Å². The zero-order valence-electron chi connectivity index (χ0n) is 10.1. The van der Waals surface area contributed by atoms with Crippen molar-refractivity contribution in [1.29, 1.82) is 0 Å². The van der Waals surface area contributed by atoms with Crippen LogP contribution in [0.1, 0.15) is 5.56 Å². The Morgan fingerprint density at radius 1 is 1.39 bits per heavy atom. The molecule has 7 heteroatoms. The molecule has 96 valence electrons. The summed E-state index contributed by atoms with van der Waals surface area (Å²) in [6.07, 6.45) is 0. The van der Waals surface area contributed by atoms with E-state index in [-0.39, 0.29) is 0 Å². The van der Waals surface area contributed by atoms with Crippen LogP contribution in [0.4, 0.5) is 5.13 Å². The number of nitrogens with two attached hydrogens (primary N) is 1. The second kappa shape index (κ2) is 6.01. The first-order valence-electron chi connectivity index (χ1n) is 5.28. The molecule has 0 fully saturated rings. The van der Waals surface area contributed by atoms with Crippen LogP contribution in [0.25, 0.3) is 0 Å². The zero-order valence-corrected chi connectivity index (χ0v) is 13.3. The van der Waals surface area contributed by atoms with Crippen LogP contribution in [0.2, 0.25) is 0 Å². The Hall–Kier alpha value is -0.630. The minimum Gasteiger partial charge on any atom is -0.353 e. The first-order chi connectivity index (χ1) is 8.61. The van der Waals surface area contributed by atoms with Crippen LogP contribution in [0.3, 0.4) is 0 Å². The van der Waals surface area contributed by atoms with Gasteiger partial charge in [0.2, 0.25) is 5.13 Å². The van der Waals surface area contributed by atoms with Crippen LogP contribution in [0.15, 0.2) is 31.9 Å². The molecule has 0 saturated heterocycles. The fraction of sp³-hybridized carbons (Fsp3) is 0.273. The summed E-state index contributed by atoms with van der Waals surface area (Å²) in [5, 5.41) is 9.20. The van der Waals surface area contributed by atoms with Crippen molar-refractivity contribution in [3.8, 4) is 0 Å². The minimum atomic E-state index is 0.503. The quantitative estimate of drug-likeness (QED) is 0.923. The molecule has 0 spiro atoms. The van der Waals surface area contributed by atoms with Crippen LogP contribution >= 0.6 is 39.0 Å². The maximum Gasteiger partial charge on any atom is 0.208 e. The summed E-state index contributed by atoms with van der Waals surface area (Å²) >= 11 is 6.69. The molecule has 1 aromatic carbocycles. The highest BCUT2D eigenvalue weighted by molar-refractivity contribution is 9.10. The topological polar surface area (TPSA) is 55.0 Å². The van der Waals surface area contributed by atoms with E-state index in [0.29, 0.717) is 6.54 Å². The van der Waals surface area contributed by atoms with Gasteiger partial charge in [0, 0.05) is 30.0 Å². The number of halogens is 1. The predicted molar refractivity (Wildman–Crippen MR) is 80.4 cm³/mol. The van der Waals surface area contributed by atoms with Gasteiger partial charge in [0.1, 0.15) is 0 Å². The van der Waals surface area contributed by atoms with Crippen molar-refractivity contribution < 1.29 is 0 Å². The number of nitrogens with zero attached hydrogens (tertiary/aromatic N) is 3. The van der Waals surface area contributed by atoms with Gasteiger partial charge < -0.3 is 10.6 Å². The van der Waals surface area contributed by atoms with Gasteiger partial charge in [0.25, 0.3) is 0 Å². The van der Waals surface area contributed by atoms with Crippen molar-refractivity contribution in [1.82, 2.24) is 10.2 Å². The number of anilines is 1. The van der Waals surface area contributed by atoms with Gasteiger partial charge in [-0.25, -0.2) is 0 Å². The number of rotatable bonds is 4. The van der Waals surface area contributed by atoms with Crippen molar-refractivity contribution in [2.75, 3.05) is 19.0 Å². The van der Waals surface area contributed by atoms with Crippen LogP contribution in [0.5, 0.6) is 0 Å². The molecule has 4 nitrogen and oxygen atoms in total. The third-order valence-electron chi connectivity index (χ3n) is 2.26. The molecule has 2 N–H and O–H groups in total. The molecule has 18 heavy (non-hydrogen) atoms. The molecule has 0 bridgehead atoms. The van der Waals surface area contributed by atoms with E-state index in [9.17, 15) is 0 Å². The van der Waals surface area contributed by atoms with Gasteiger partial charge in [-0.2, -0.15) is 0 Å². The highest BCUT2D eigenvalue weighted by atomic mass is 79.9. The van der Waals surface area contributed by atoms with Gasteiger partial charge in [0.05, 0.1) is 0 Å². The molecule has 2 rings (SSSR count). The van der Waals surface area contributed by atoms with Crippen molar-refractivity contribution in [3.63, 3.8) is 0 Å². The Morgan fingerprint density at radius 2 is 2.17 bits per heavy atom. The van der Waals surface area contributed by atoms with Crippen molar-refractivity contribution >= 4 is 44.2 Å². The van der Waals surface area contributed by atoms with E-state index in [1.165, 1.54) is 0 Å². The molecule has 0 unspecified atom stereocenters. The molecular formula is C11H13BrN4S2. The normalized spacial score (nSPS) is 10.7. The van der Waals surface area contributed by atoms with E-state index in [2.05, 4.69) is 26.1 Å². The lowest BCUT2D eigenvalue weighted by Gasteiger charge is -2.07. The summed E-state index contributed by atoms with van der Waals surface area (Å²) in [7, 11) is 3.92. The molecule has 0 saturated carbocycles. The van der Waals surface area contributed by atoms with Crippen LogP contribution in [0, 0.1) is 0 Å². The average molecular weight is 345 g/mol. The van der Waals surface area contributed by atoms with E-state index >= 15 is 0 Å². The first kappa shape index (κ1) is 13.8. The molecule has 0 atom stereocenters. The summed E-state index contributed by atoms with van der Waals surface area (Å²) in [4.78, 5) is 3.07. The van der Waals surface area contributed by atoms with E-state index in [4.69, 9.17) is 5.73 Å². The van der Waals surface area contributed by atoms with Crippen LogP contribution in [-0.4, -0.2) is 24.3 Å². The third-order valence-corrected chi connectivity index (χ3v) is 5.24. The molecule has 2 aromatic rings.